The molecule has 464 valence electrons. The lowest BCUT2D eigenvalue weighted by Crippen LogP contribution is -2.65. The molecule has 2 fully saturated rings. The Morgan fingerprint density at radius 3 is 1.38 bits per heavy atom. The number of aliphatic hydroxyl groups excluding tert-OH is 8. The van der Waals surface area contributed by atoms with Gasteiger partial charge in [0.25, 0.3) is 0 Å². The molecule has 2 aliphatic rings. The first-order chi connectivity index (χ1) is 39.1. The molecule has 2 aliphatic heterocycles. The zero-order valence-electron chi connectivity index (χ0n) is 50.1. The second kappa shape index (κ2) is 50.9. The van der Waals surface area contributed by atoms with Gasteiger partial charge in [-0.2, -0.15) is 0 Å². The number of hydrogen-bond donors (Lipinski definition) is 9. The van der Waals surface area contributed by atoms with E-state index in [2.05, 4.69) is 79.9 Å². The number of unbranched alkanes of at least 4 members (excludes halogenated alkanes) is 28. The van der Waals surface area contributed by atoms with Crippen molar-refractivity contribution in [2.75, 3.05) is 19.8 Å². The van der Waals surface area contributed by atoms with Crippen LogP contribution in [0.25, 0.3) is 0 Å². The quantitative estimate of drug-likeness (QED) is 0.0204. The van der Waals surface area contributed by atoms with E-state index >= 15 is 0 Å². The maximum absolute atomic E-state index is 13.3. The number of amides is 1. The maximum atomic E-state index is 13.3. The molecule has 80 heavy (non-hydrogen) atoms. The zero-order valence-corrected chi connectivity index (χ0v) is 50.1. The first-order valence-corrected chi connectivity index (χ1v) is 32.2. The summed E-state index contributed by atoms with van der Waals surface area (Å²) in [5, 5.41) is 87.2. The highest BCUT2D eigenvalue weighted by Crippen LogP contribution is 2.30. The highest BCUT2D eigenvalue weighted by Gasteiger charge is 2.51. The molecule has 0 spiro atoms. The largest absolute Gasteiger partial charge is 0.394 e. The van der Waals surface area contributed by atoms with E-state index in [4.69, 9.17) is 18.9 Å². The van der Waals surface area contributed by atoms with E-state index in [9.17, 15) is 45.6 Å². The van der Waals surface area contributed by atoms with E-state index in [0.717, 1.165) is 70.6 Å². The topological polar surface area (TPSA) is 228 Å². The Hall–Kier alpha value is -2.57. The van der Waals surface area contributed by atoms with Gasteiger partial charge in [0, 0.05) is 6.42 Å². The second-order valence-electron chi connectivity index (χ2n) is 22.5. The average Bonchev–Trinajstić information content (AvgIpc) is 3.46. The highest BCUT2D eigenvalue weighted by molar-refractivity contribution is 5.76. The molecule has 0 radical (unpaired) electrons. The van der Waals surface area contributed by atoms with Gasteiger partial charge < -0.3 is 65.1 Å². The van der Waals surface area contributed by atoms with Crippen LogP contribution < -0.4 is 5.32 Å². The molecule has 0 aromatic rings. The zero-order chi connectivity index (χ0) is 58.1. The van der Waals surface area contributed by atoms with Crippen LogP contribution in [-0.2, 0) is 23.7 Å². The number of aliphatic hydroxyl groups is 8. The summed E-state index contributed by atoms with van der Waals surface area (Å²) < 4.78 is 22.8. The van der Waals surface area contributed by atoms with Gasteiger partial charge in [-0.15, -0.1) is 0 Å². The van der Waals surface area contributed by atoms with Crippen LogP contribution in [0, 0.1) is 0 Å². The Bertz CT molecular complexity index is 1620. The number of hydrogen-bond acceptors (Lipinski definition) is 13. The average molecular weight is 1130 g/mol. The molecule has 0 aromatic carbocycles. The first kappa shape index (κ1) is 73.5. The minimum Gasteiger partial charge on any atom is -0.394 e. The number of nitrogens with one attached hydrogen (secondary N) is 1. The highest BCUT2D eigenvalue weighted by atomic mass is 16.7. The van der Waals surface area contributed by atoms with Crippen LogP contribution >= 0.6 is 0 Å². The predicted molar refractivity (Wildman–Crippen MR) is 323 cm³/mol. The third kappa shape index (κ3) is 35.5. The Kier molecular flexibility index (Phi) is 46.8. The molecule has 2 heterocycles. The Morgan fingerprint density at radius 1 is 0.463 bits per heavy atom. The number of rotatable bonds is 51. The van der Waals surface area contributed by atoms with Crippen LogP contribution in [0.5, 0.6) is 0 Å². The fourth-order valence-corrected chi connectivity index (χ4v) is 10.2. The van der Waals surface area contributed by atoms with E-state index in [1.165, 1.54) is 141 Å². The number of carbonyl (C=O) groups excluding carboxylic acids is 1. The van der Waals surface area contributed by atoms with Gasteiger partial charge >= 0.3 is 0 Å². The third-order valence-corrected chi connectivity index (χ3v) is 15.4. The molecule has 0 aromatic heterocycles. The Balaban J connectivity index is 1.75. The van der Waals surface area contributed by atoms with E-state index in [1.807, 2.05) is 6.08 Å². The van der Waals surface area contributed by atoms with E-state index in [0.29, 0.717) is 12.8 Å². The lowest BCUT2D eigenvalue weighted by Gasteiger charge is -2.46. The number of carbonyl (C=O) groups is 1. The van der Waals surface area contributed by atoms with Crippen LogP contribution in [0.2, 0.25) is 0 Å². The van der Waals surface area contributed by atoms with Crippen molar-refractivity contribution < 1.29 is 64.6 Å². The van der Waals surface area contributed by atoms with Gasteiger partial charge in [0.15, 0.2) is 12.6 Å². The fourth-order valence-electron chi connectivity index (χ4n) is 10.2. The Labute approximate surface area is 485 Å². The molecular formula is C66H117NO13. The van der Waals surface area contributed by atoms with E-state index in [1.54, 1.807) is 6.08 Å². The third-order valence-electron chi connectivity index (χ3n) is 15.4. The first-order valence-electron chi connectivity index (χ1n) is 32.2. The van der Waals surface area contributed by atoms with Crippen LogP contribution in [0.15, 0.2) is 72.9 Å². The molecular weight excluding hydrogens is 1010 g/mol. The monoisotopic (exact) mass is 1130 g/mol. The van der Waals surface area contributed by atoms with Crippen LogP contribution in [0.1, 0.15) is 245 Å². The summed E-state index contributed by atoms with van der Waals surface area (Å²) in [6.07, 6.45) is 50.9. The van der Waals surface area contributed by atoms with Crippen molar-refractivity contribution in [2.24, 2.45) is 0 Å². The van der Waals surface area contributed by atoms with Crippen molar-refractivity contribution in [3.8, 4) is 0 Å². The summed E-state index contributed by atoms with van der Waals surface area (Å²) in [6.45, 7) is 2.68. The number of ether oxygens (including phenoxy) is 4. The van der Waals surface area contributed by atoms with Crippen LogP contribution in [0.3, 0.4) is 0 Å². The molecule has 14 heteroatoms. The van der Waals surface area contributed by atoms with Gasteiger partial charge in [-0.05, 0) is 70.6 Å². The molecule has 2 rings (SSSR count). The molecule has 0 aliphatic carbocycles. The smallest absolute Gasteiger partial charge is 0.220 e. The lowest BCUT2D eigenvalue weighted by atomic mass is 9.97. The van der Waals surface area contributed by atoms with Crippen molar-refractivity contribution in [3.63, 3.8) is 0 Å². The Morgan fingerprint density at radius 2 is 0.875 bits per heavy atom. The standard InChI is InChI=1S/C66H117NO13/c1-3-5-7-9-11-13-15-17-19-21-23-25-26-27-28-30-31-33-35-37-39-41-43-45-47-49-55(70)54(53-77-65-63(76)61(74)64(57(52-69)79-65)80-66-62(75)60(73)59(72)56(51-68)78-66)67-58(71)50-48-46-44-42-40-38-36-34-32-29-24-22-20-18-16-14-12-10-8-6-4-2/h6,8,12,14,18,20,24,29,39,41,47,49,54-57,59-66,68-70,72-76H,3-5,7,9-11,13,15-17,19,21-23,25-28,30-38,40,42-46,48,50-53H2,1-2H3,(H,67,71)/b8-6-,14-12-,20-18-,29-24-,41-39+,49-47+. The molecule has 9 N–H and O–H groups in total. The molecule has 0 saturated carbocycles. The summed E-state index contributed by atoms with van der Waals surface area (Å²) in [4.78, 5) is 13.3. The van der Waals surface area contributed by atoms with E-state index in [-0.39, 0.29) is 18.9 Å². The van der Waals surface area contributed by atoms with Gasteiger partial charge in [-0.3, -0.25) is 4.79 Å². The SMILES string of the molecule is CC/C=C\C/C=C\C/C=C\C/C=C\CCCCCCCCCCC(=O)NC(COC1OC(CO)C(OC2OC(CO)C(O)C(O)C2O)C(O)C1O)C(O)/C=C/CC/C=C/CCCCCCCCCCCCCCCCCCCCC. The summed E-state index contributed by atoms with van der Waals surface area (Å²) in [5.74, 6) is -0.258. The van der Waals surface area contributed by atoms with Crippen molar-refractivity contribution >= 4 is 5.91 Å². The van der Waals surface area contributed by atoms with Crippen LogP contribution in [-0.4, -0.2) is 140 Å². The maximum Gasteiger partial charge on any atom is 0.220 e. The van der Waals surface area contributed by atoms with Crippen molar-refractivity contribution in [1.82, 2.24) is 5.32 Å². The molecule has 1 amide bonds. The van der Waals surface area contributed by atoms with Gasteiger partial charge in [0.2, 0.25) is 5.91 Å². The summed E-state index contributed by atoms with van der Waals surface area (Å²) >= 11 is 0. The fraction of sp³-hybridized carbons (Fsp3) is 0.803. The molecule has 14 nitrogen and oxygen atoms in total. The normalized spacial score (nSPS) is 24.7. The van der Waals surface area contributed by atoms with Gasteiger partial charge in [0.05, 0.1) is 32.0 Å². The van der Waals surface area contributed by atoms with Gasteiger partial charge in [0.1, 0.15) is 48.8 Å². The number of allylic oxidation sites excluding steroid dienone is 11. The van der Waals surface area contributed by atoms with Gasteiger partial charge in [-0.1, -0.05) is 241 Å². The van der Waals surface area contributed by atoms with Crippen molar-refractivity contribution in [2.45, 2.75) is 319 Å². The van der Waals surface area contributed by atoms with Gasteiger partial charge in [-0.25, -0.2) is 0 Å². The summed E-state index contributed by atoms with van der Waals surface area (Å²) in [5.41, 5.74) is 0. The predicted octanol–water partition coefficient (Wildman–Crippen LogP) is 11.9. The minimum atomic E-state index is -1.80. The van der Waals surface area contributed by atoms with Crippen molar-refractivity contribution in [1.29, 1.82) is 0 Å². The second-order valence-corrected chi connectivity index (χ2v) is 22.5. The summed E-state index contributed by atoms with van der Waals surface area (Å²) in [7, 11) is 0. The minimum absolute atomic E-state index is 0.258. The van der Waals surface area contributed by atoms with E-state index < -0.39 is 86.8 Å². The molecule has 2 saturated heterocycles. The molecule has 0 bridgehead atoms. The lowest BCUT2D eigenvalue weighted by molar-refractivity contribution is -0.359. The molecule has 12 unspecified atom stereocenters. The van der Waals surface area contributed by atoms with Crippen LogP contribution in [0.4, 0.5) is 0 Å². The summed E-state index contributed by atoms with van der Waals surface area (Å²) in [6, 6.07) is -0.941. The van der Waals surface area contributed by atoms with Crippen molar-refractivity contribution in [3.05, 3.63) is 72.9 Å². The molecule has 12 atom stereocenters.